The Kier molecular flexibility index (Phi) is 11.9. The fourth-order valence-corrected chi connectivity index (χ4v) is 6.79. The van der Waals surface area contributed by atoms with Crippen molar-refractivity contribution < 1.29 is 31.2 Å². The van der Waals surface area contributed by atoms with Crippen molar-refractivity contribution in [3.63, 3.8) is 0 Å². The third-order valence-corrected chi connectivity index (χ3v) is 10.1. The maximum atomic E-state index is 14.6. The average molecular weight is 700 g/mol. The number of aryl methyl sites for hydroxylation is 1. The molecular formula is C36H37ClF3N3O4S. The number of anilines is 1. The largest absolute Gasteiger partial charge is 0.416 e. The van der Waals surface area contributed by atoms with Gasteiger partial charge in [0.1, 0.15) is 12.6 Å². The highest BCUT2D eigenvalue weighted by Gasteiger charge is 2.37. The molecule has 12 heteroatoms. The van der Waals surface area contributed by atoms with Gasteiger partial charge in [0.05, 0.1) is 21.2 Å². The van der Waals surface area contributed by atoms with E-state index >= 15 is 0 Å². The molecule has 0 aliphatic carbocycles. The fraction of sp³-hybridized carbons (Fsp3) is 0.278. The molecule has 4 rings (SSSR count). The second-order valence-electron chi connectivity index (χ2n) is 11.5. The number of halogens is 4. The van der Waals surface area contributed by atoms with Crippen molar-refractivity contribution in [1.29, 1.82) is 0 Å². The summed E-state index contributed by atoms with van der Waals surface area (Å²) in [6.07, 6.45) is -4.11. The predicted molar refractivity (Wildman–Crippen MR) is 181 cm³/mol. The van der Waals surface area contributed by atoms with Crippen molar-refractivity contribution in [3.8, 4) is 0 Å². The highest BCUT2D eigenvalue weighted by atomic mass is 35.5. The van der Waals surface area contributed by atoms with Crippen LogP contribution in [0.2, 0.25) is 5.02 Å². The van der Waals surface area contributed by atoms with Gasteiger partial charge in [0.2, 0.25) is 11.8 Å². The maximum Gasteiger partial charge on any atom is 0.416 e. The van der Waals surface area contributed by atoms with E-state index in [1.54, 1.807) is 30.3 Å². The molecule has 7 nitrogen and oxygen atoms in total. The van der Waals surface area contributed by atoms with Gasteiger partial charge in [-0.05, 0) is 67.3 Å². The minimum atomic E-state index is -4.82. The van der Waals surface area contributed by atoms with E-state index < -0.39 is 51.9 Å². The Morgan fingerprint density at radius 2 is 1.50 bits per heavy atom. The molecule has 0 spiro atoms. The van der Waals surface area contributed by atoms with Gasteiger partial charge in [-0.15, -0.1) is 0 Å². The zero-order valence-corrected chi connectivity index (χ0v) is 28.3. The lowest BCUT2D eigenvalue weighted by Crippen LogP contribution is -2.54. The lowest BCUT2D eigenvalue weighted by Gasteiger charge is -2.35. The van der Waals surface area contributed by atoms with Crippen LogP contribution in [0.1, 0.15) is 42.5 Å². The van der Waals surface area contributed by atoms with E-state index in [2.05, 4.69) is 5.32 Å². The van der Waals surface area contributed by atoms with Crippen molar-refractivity contribution in [2.24, 2.45) is 0 Å². The lowest BCUT2D eigenvalue weighted by molar-refractivity contribution is -0.140. The van der Waals surface area contributed by atoms with Crippen LogP contribution in [0.25, 0.3) is 0 Å². The topological polar surface area (TPSA) is 86.8 Å². The summed E-state index contributed by atoms with van der Waals surface area (Å²) < 4.78 is 70.4. The van der Waals surface area contributed by atoms with Crippen LogP contribution in [0, 0.1) is 6.92 Å². The molecule has 0 saturated carbocycles. The number of nitrogens with one attached hydrogen (secondary N) is 1. The molecule has 0 aromatic heterocycles. The summed E-state index contributed by atoms with van der Waals surface area (Å²) in [5.41, 5.74) is 0.608. The number of hydrogen-bond acceptors (Lipinski definition) is 4. The van der Waals surface area contributed by atoms with Crippen molar-refractivity contribution in [1.82, 2.24) is 10.2 Å². The SMILES string of the molecule is CCC(C)NC(=O)C(Cc1ccccc1)N(Cc1ccccc1C)C(=O)CN(c1cc(C(F)(F)F)ccc1Cl)S(=O)(=O)c1ccccc1. The van der Waals surface area contributed by atoms with Gasteiger partial charge < -0.3 is 10.2 Å². The summed E-state index contributed by atoms with van der Waals surface area (Å²) in [7, 11) is -4.64. The lowest BCUT2D eigenvalue weighted by atomic mass is 10.0. The number of carbonyl (C=O) groups excluding carboxylic acids is 2. The first-order valence-electron chi connectivity index (χ1n) is 15.3. The molecule has 4 aromatic carbocycles. The quantitative estimate of drug-likeness (QED) is 0.157. The first-order chi connectivity index (χ1) is 22.7. The van der Waals surface area contributed by atoms with Gasteiger partial charge in [0.15, 0.2) is 0 Å². The molecule has 0 aliphatic rings. The van der Waals surface area contributed by atoms with Crippen LogP contribution in [-0.2, 0) is 38.8 Å². The molecule has 0 bridgehead atoms. The van der Waals surface area contributed by atoms with Gasteiger partial charge in [-0.1, -0.05) is 91.3 Å². The standard InChI is InChI=1S/C36H37ClF3N3O4S/c1-4-26(3)41-35(45)33(21-27-14-7-5-8-15-27)42(23-28-16-12-11-13-25(28)2)34(44)24-43(48(46,47)30-17-9-6-10-18-30)32-22-29(36(38,39)40)19-20-31(32)37/h5-20,22,26,33H,4,21,23-24H2,1-3H3,(H,41,45). The third kappa shape index (κ3) is 8.96. The number of rotatable bonds is 13. The van der Waals surface area contributed by atoms with Crippen LogP contribution in [-0.4, -0.2) is 43.8 Å². The number of benzene rings is 4. The Labute approximate surface area is 284 Å². The Balaban J connectivity index is 1.88. The maximum absolute atomic E-state index is 14.6. The van der Waals surface area contributed by atoms with Gasteiger partial charge in [0, 0.05) is 19.0 Å². The minimum Gasteiger partial charge on any atom is -0.352 e. The van der Waals surface area contributed by atoms with E-state index in [4.69, 9.17) is 11.6 Å². The summed E-state index contributed by atoms with van der Waals surface area (Å²) in [5, 5.41) is 2.64. The van der Waals surface area contributed by atoms with Gasteiger partial charge in [0.25, 0.3) is 10.0 Å². The molecule has 48 heavy (non-hydrogen) atoms. The summed E-state index contributed by atoms with van der Waals surface area (Å²) in [4.78, 5) is 29.6. The second-order valence-corrected chi connectivity index (χ2v) is 13.7. The molecule has 1 N–H and O–H groups in total. The molecule has 0 saturated heterocycles. The first kappa shape index (κ1) is 36.5. The molecule has 0 aliphatic heterocycles. The van der Waals surface area contributed by atoms with E-state index in [1.807, 2.05) is 51.1 Å². The van der Waals surface area contributed by atoms with E-state index in [1.165, 1.54) is 29.2 Å². The molecule has 4 aromatic rings. The second kappa shape index (κ2) is 15.7. The van der Waals surface area contributed by atoms with Crippen molar-refractivity contribution in [2.75, 3.05) is 10.8 Å². The summed E-state index contributed by atoms with van der Waals surface area (Å²) >= 11 is 6.38. The van der Waals surface area contributed by atoms with Crippen LogP contribution in [0.3, 0.4) is 0 Å². The van der Waals surface area contributed by atoms with Crippen LogP contribution < -0.4 is 9.62 Å². The van der Waals surface area contributed by atoms with Crippen molar-refractivity contribution in [3.05, 3.63) is 130 Å². The molecule has 0 radical (unpaired) electrons. The predicted octanol–water partition coefficient (Wildman–Crippen LogP) is 7.42. The van der Waals surface area contributed by atoms with Gasteiger partial charge >= 0.3 is 6.18 Å². The van der Waals surface area contributed by atoms with E-state index in [0.29, 0.717) is 22.4 Å². The Bertz CT molecular complexity index is 1820. The number of sulfonamides is 1. The molecule has 2 unspecified atom stereocenters. The zero-order chi connectivity index (χ0) is 35.1. The number of amides is 2. The van der Waals surface area contributed by atoms with E-state index in [0.717, 1.165) is 23.3 Å². The third-order valence-electron chi connectivity index (χ3n) is 8.03. The molecular weight excluding hydrogens is 663 g/mol. The number of alkyl halides is 3. The summed E-state index contributed by atoms with van der Waals surface area (Å²) in [5.74, 6) is -1.27. The Morgan fingerprint density at radius 3 is 2.10 bits per heavy atom. The Hall–Kier alpha value is -4.35. The Morgan fingerprint density at radius 1 is 0.896 bits per heavy atom. The van der Waals surface area contributed by atoms with Crippen LogP contribution in [0.4, 0.5) is 18.9 Å². The van der Waals surface area contributed by atoms with Gasteiger partial charge in [-0.3, -0.25) is 13.9 Å². The highest BCUT2D eigenvalue weighted by Crippen LogP contribution is 2.37. The molecule has 0 fully saturated rings. The molecule has 0 heterocycles. The highest BCUT2D eigenvalue weighted by molar-refractivity contribution is 7.92. The smallest absolute Gasteiger partial charge is 0.352 e. The monoisotopic (exact) mass is 699 g/mol. The number of hydrogen-bond donors (Lipinski definition) is 1. The van der Waals surface area contributed by atoms with Crippen molar-refractivity contribution >= 4 is 39.1 Å². The first-order valence-corrected chi connectivity index (χ1v) is 17.2. The average Bonchev–Trinajstić information content (AvgIpc) is 3.06. The number of nitrogens with zero attached hydrogens (tertiary/aromatic N) is 2. The summed E-state index contributed by atoms with van der Waals surface area (Å²) in [6.45, 7) is 4.56. The van der Waals surface area contributed by atoms with Crippen LogP contribution in [0.15, 0.2) is 108 Å². The van der Waals surface area contributed by atoms with E-state index in [-0.39, 0.29) is 28.9 Å². The normalized spacial score (nSPS) is 13.0. The molecule has 2 amide bonds. The van der Waals surface area contributed by atoms with Crippen LogP contribution >= 0.6 is 11.6 Å². The molecule has 254 valence electrons. The van der Waals surface area contributed by atoms with Gasteiger partial charge in [-0.2, -0.15) is 13.2 Å². The zero-order valence-electron chi connectivity index (χ0n) is 26.7. The van der Waals surface area contributed by atoms with E-state index in [9.17, 15) is 31.2 Å². The number of carbonyl (C=O) groups is 2. The minimum absolute atomic E-state index is 0.0769. The van der Waals surface area contributed by atoms with Gasteiger partial charge in [-0.25, -0.2) is 8.42 Å². The summed E-state index contributed by atoms with van der Waals surface area (Å²) in [6, 6.07) is 24.3. The molecule has 2 atom stereocenters. The van der Waals surface area contributed by atoms with Crippen molar-refractivity contribution in [2.45, 2.75) is 63.3 Å². The van der Waals surface area contributed by atoms with Crippen LogP contribution in [0.5, 0.6) is 0 Å². The fourth-order valence-electron chi connectivity index (χ4n) is 5.08.